The SMILES string of the molecule is CC=CC=CC(=O)O.CC=CC=CC(=O)O.CC=CC=CC(=O)O.CC=CC=CC(=O)O.CC=CC=CC(=O)O.CC=CC=CC(=O)O.[K+].[K+].[K+].[K+].[K+].[K+].[K+].[K+].[K+].[K+].[K+].[K+].[K+].[K+].[K+].[K+].[K+].[K+].[K+].[K+].[K+].[K+]. The van der Waals surface area contributed by atoms with Crippen molar-refractivity contribution in [3.05, 3.63) is 146 Å². The van der Waals surface area contributed by atoms with Crippen LogP contribution in [0.1, 0.15) is 41.5 Å². The van der Waals surface area contributed by atoms with Gasteiger partial charge in [0.25, 0.3) is 0 Å². The molecule has 34 heteroatoms. The molecule has 0 aromatic rings. The summed E-state index contributed by atoms with van der Waals surface area (Å²) in [5.41, 5.74) is 0. The Morgan fingerprint density at radius 3 is 0.300 bits per heavy atom. The number of aliphatic carboxylic acids is 6. The van der Waals surface area contributed by atoms with Crippen LogP contribution in [0.5, 0.6) is 0 Å². The Morgan fingerprint density at radius 2 is 0.257 bits per heavy atom. The van der Waals surface area contributed by atoms with Gasteiger partial charge in [0, 0.05) is 36.5 Å². The van der Waals surface area contributed by atoms with Gasteiger partial charge in [-0.25, -0.2) is 28.8 Å². The maximum atomic E-state index is 9.75. The van der Waals surface area contributed by atoms with Gasteiger partial charge in [-0.15, -0.1) is 0 Å². The van der Waals surface area contributed by atoms with Gasteiger partial charge in [0.05, 0.1) is 0 Å². The van der Waals surface area contributed by atoms with Gasteiger partial charge < -0.3 is 30.6 Å². The van der Waals surface area contributed by atoms with Gasteiger partial charge in [-0.1, -0.05) is 109 Å². The predicted molar refractivity (Wildman–Crippen MR) is 190 cm³/mol. The van der Waals surface area contributed by atoms with Crippen molar-refractivity contribution in [1.82, 2.24) is 0 Å². The Kier molecular flexibility index (Phi) is 495. The first-order valence-corrected chi connectivity index (χ1v) is 13.8. The van der Waals surface area contributed by atoms with E-state index in [0.29, 0.717) is 0 Å². The van der Waals surface area contributed by atoms with Crippen LogP contribution in [-0.4, -0.2) is 66.5 Å². The van der Waals surface area contributed by atoms with E-state index >= 15 is 0 Å². The summed E-state index contributed by atoms with van der Waals surface area (Å²) in [5, 5.41) is 48.1. The van der Waals surface area contributed by atoms with E-state index in [2.05, 4.69) is 0 Å². The molecule has 0 amide bonds. The number of carboxylic acids is 6. The van der Waals surface area contributed by atoms with Crippen LogP contribution in [0, 0.1) is 0 Å². The van der Waals surface area contributed by atoms with Crippen LogP contribution in [0.4, 0.5) is 0 Å². The standard InChI is InChI=1S/6C6H8O2.22K/c6*1-2-3-4-5-6(7)8;;;;;;;;;;;;;;;;;;;;;;/h6*2-5H,1H3,(H,7,8);;;;;;;;;;;;;;;;;;;;;;/q;;;;;;22*+1. The first-order chi connectivity index (χ1) is 22.6. The summed E-state index contributed by atoms with van der Waals surface area (Å²) in [4.78, 5) is 58.5. The van der Waals surface area contributed by atoms with Crippen molar-refractivity contribution in [2.75, 3.05) is 0 Å². The third kappa shape index (κ3) is 256. The molecule has 0 rings (SSSR count). The fourth-order valence-electron chi connectivity index (χ4n) is 1.49. The zero-order chi connectivity index (χ0) is 38.4. The molecule has 0 bridgehead atoms. The molecule has 0 aromatic heterocycles. The van der Waals surface area contributed by atoms with Gasteiger partial charge in [0.1, 0.15) is 0 Å². The first kappa shape index (κ1) is 189. The molecule has 0 aliphatic heterocycles. The summed E-state index contributed by atoms with van der Waals surface area (Å²) in [6, 6.07) is 0. The van der Waals surface area contributed by atoms with Crippen LogP contribution in [0.3, 0.4) is 0 Å². The number of hydrogen-bond donors (Lipinski definition) is 6. The number of rotatable bonds is 12. The Bertz CT molecular complexity index is 1050. The minimum Gasteiger partial charge on any atom is -0.478 e. The molecule has 264 valence electrons. The molecule has 0 unspecified atom stereocenters. The Hall–Kier alpha value is 29.7. The summed E-state index contributed by atoms with van der Waals surface area (Å²) in [6.07, 6.45) is 35.9. The van der Waals surface area contributed by atoms with Crippen LogP contribution in [0.2, 0.25) is 0 Å². The van der Waals surface area contributed by atoms with E-state index in [0.717, 1.165) is 36.5 Å². The number of carbonyl (C=O) groups is 6. The van der Waals surface area contributed by atoms with Crippen molar-refractivity contribution in [2.45, 2.75) is 41.5 Å². The molecule has 0 saturated heterocycles. The minimum atomic E-state index is -0.914. The van der Waals surface area contributed by atoms with E-state index in [9.17, 15) is 28.8 Å². The zero-order valence-electron chi connectivity index (χ0n) is 50.0. The van der Waals surface area contributed by atoms with E-state index < -0.39 is 35.8 Å². The summed E-state index contributed by atoms with van der Waals surface area (Å²) >= 11 is 0. The predicted octanol–water partition coefficient (Wildman–Crippen LogP) is -58.7. The maximum absolute atomic E-state index is 9.75. The molecule has 0 saturated carbocycles. The van der Waals surface area contributed by atoms with Crippen LogP contribution in [0.15, 0.2) is 146 Å². The van der Waals surface area contributed by atoms with Gasteiger partial charge in [-0.05, 0) is 41.5 Å². The second-order valence-corrected chi connectivity index (χ2v) is 7.34. The average Bonchev–Trinajstić information content (AvgIpc) is 2.99. The van der Waals surface area contributed by atoms with E-state index in [1.165, 1.54) is 36.5 Å². The monoisotopic (exact) mass is 1530 g/mol. The van der Waals surface area contributed by atoms with Crippen molar-refractivity contribution < 1.29 is 1190 Å². The van der Waals surface area contributed by atoms with E-state index in [4.69, 9.17) is 30.6 Å². The third-order valence-electron chi connectivity index (χ3n) is 3.25. The number of carboxylic acid groups (broad SMARTS) is 6. The van der Waals surface area contributed by atoms with E-state index in [1.54, 1.807) is 72.9 Å². The molecule has 0 spiro atoms. The molecule has 0 aromatic carbocycles. The third-order valence-corrected chi connectivity index (χ3v) is 3.25. The summed E-state index contributed by atoms with van der Waals surface area (Å²) in [5.74, 6) is -5.48. The Labute approximate surface area is 1360 Å². The van der Waals surface area contributed by atoms with Crippen molar-refractivity contribution in [3.8, 4) is 0 Å². The first-order valence-electron chi connectivity index (χ1n) is 13.8. The van der Waals surface area contributed by atoms with Crippen LogP contribution < -0.4 is 1130 Å². The fourth-order valence-corrected chi connectivity index (χ4v) is 1.49. The largest absolute Gasteiger partial charge is 1.00 e. The minimum absolute atomic E-state index is 0. The van der Waals surface area contributed by atoms with Crippen LogP contribution in [-0.2, 0) is 28.8 Å². The molecule has 0 aliphatic carbocycles. The molecule has 0 aliphatic rings. The van der Waals surface area contributed by atoms with Gasteiger partial charge in [-0.2, -0.15) is 0 Å². The molecule has 0 radical (unpaired) electrons. The molecular formula is C36H48K22O12+22. The van der Waals surface area contributed by atoms with Gasteiger partial charge in [0.2, 0.25) is 0 Å². The molecule has 70 heavy (non-hydrogen) atoms. The van der Waals surface area contributed by atoms with Gasteiger partial charge in [0.15, 0.2) is 0 Å². The smallest absolute Gasteiger partial charge is 0.478 e. The van der Waals surface area contributed by atoms with Crippen molar-refractivity contribution >= 4 is 35.8 Å². The second-order valence-electron chi connectivity index (χ2n) is 7.34. The molecule has 12 nitrogen and oxygen atoms in total. The van der Waals surface area contributed by atoms with E-state index in [-0.39, 0.29) is 1130 Å². The summed E-state index contributed by atoms with van der Waals surface area (Å²) < 4.78 is 0. The van der Waals surface area contributed by atoms with E-state index in [1.807, 2.05) is 41.5 Å². The molecular weight excluding hydrogens is 1480 g/mol. The zero-order valence-corrected chi connectivity index (χ0v) is 119. The molecule has 6 N–H and O–H groups in total. The molecule has 0 heterocycles. The number of hydrogen-bond acceptors (Lipinski definition) is 6. The average molecular weight is 1530 g/mol. The van der Waals surface area contributed by atoms with Crippen LogP contribution in [0.25, 0.3) is 0 Å². The second kappa shape index (κ2) is 183. The summed E-state index contributed by atoms with van der Waals surface area (Å²) in [6.45, 7) is 11.0. The fraction of sp³-hybridized carbons (Fsp3) is 0.167. The van der Waals surface area contributed by atoms with Crippen molar-refractivity contribution in [3.63, 3.8) is 0 Å². The van der Waals surface area contributed by atoms with Crippen LogP contribution >= 0.6 is 0 Å². The normalized spacial score (nSPS) is 7.63. The van der Waals surface area contributed by atoms with Crippen molar-refractivity contribution in [1.29, 1.82) is 0 Å². The maximum Gasteiger partial charge on any atom is 1.00 e. The Balaban J connectivity index is -0.0000000109. The van der Waals surface area contributed by atoms with Gasteiger partial charge in [-0.3, -0.25) is 0 Å². The summed E-state index contributed by atoms with van der Waals surface area (Å²) in [7, 11) is 0. The molecule has 0 fully saturated rings. The Morgan fingerprint density at radius 1 is 0.186 bits per heavy atom. The van der Waals surface area contributed by atoms with Crippen molar-refractivity contribution in [2.24, 2.45) is 0 Å². The topological polar surface area (TPSA) is 224 Å². The molecule has 0 atom stereocenters. The quantitative estimate of drug-likeness (QED) is 0.0610. The number of allylic oxidation sites excluding steroid dienone is 18. The van der Waals surface area contributed by atoms with Gasteiger partial charge >= 0.3 is 1170 Å².